The van der Waals surface area contributed by atoms with Crippen LogP contribution in [0.2, 0.25) is 0 Å². The minimum atomic E-state index is -0.273. The predicted octanol–water partition coefficient (Wildman–Crippen LogP) is 2.42. The van der Waals surface area contributed by atoms with Gasteiger partial charge in [0.2, 0.25) is 0 Å². The van der Waals surface area contributed by atoms with E-state index in [4.69, 9.17) is 0 Å². The van der Waals surface area contributed by atoms with E-state index in [2.05, 4.69) is 15.9 Å². The second-order valence-corrected chi connectivity index (χ2v) is 5.48. The summed E-state index contributed by atoms with van der Waals surface area (Å²) < 4.78 is 0. The van der Waals surface area contributed by atoms with Crippen LogP contribution < -0.4 is 0 Å². The van der Waals surface area contributed by atoms with Crippen LogP contribution in [0.4, 0.5) is 0 Å². The van der Waals surface area contributed by atoms with E-state index in [1.165, 1.54) is 0 Å². The van der Waals surface area contributed by atoms with Crippen LogP contribution in [0.15, 0.2) is 24.3 Å². The van der Waals surface area contributed by atoms with E-state index in [9.17, 15) is 9.90 Å². The maximum atomic E-state index is 12.3. The molecule has 2 atom stereocenters. The highest BCUT2D eigenvalue weighted by Gasteiger charge is 2.27. The topological polar surface area (TPSA) is 40.5 Å². The molecule has 4 heteroatoms. The van der Waals surface area contributed by atoms with Crippen molar-refractivity contribution in [3.05, 3.63) is 35.4 Å². The van der Waals surface area contributed by atoms with Gasteiger partial charge in [-0.2, -0.15) is 0 Å². The van der Waals surface area contributed by atoms with Gasteiger partial charge in [-0.3, -0.25) is 4.79 Å². The van der Waals surface area contributed by atoms with E-state index in [0.717, 1.165) is 16.5 Å². The molecule has 1 aliphatic heterocycles. The van der Waals surface area contributed by atoms with Gasteiger partial charge < -0.3 is 10.0 Å². The van der Waals surface area contributed by atoms with Crippen molar-refractivity contribution < 1.29 is 9.90 Å². The molecule has 2 unspecified atom stereocenters. The molecule has 0 radical (unpaired) electrons. The quantitative estimate of drug-likeness (QED) is 0.852. The third-order valence-electron chi connectivity index (χ3n) is 3.50. The monoisotopic (exact) mass is 311 g/mol. The van der Waals surface area contributed by atoms with Crippen molar-refractivity contribution >= 4 is 21.8 Å². The highest BCUT2D eigenvalue weighted by molar-refractivity contribution is 9.08. The first-order valence-electron chi connectivity index (χ1n) is 6.24. The lowest BCUT2D eigenvalue weighted by Crippen LogP contribution is -2.44. The van der Waals surface area contributed by atoms with Crippen molar-refractivity contribution in [3.8, 4) is 0 Å². The maximum absolute atomic E-state index is 12.3. The highest BCUT2D eigenvalue weighted by atomic mass is 79.9. The SMILES string of the molecule is CC1CN(C(=O)c2ccc(CBr)cc2)CCC1O. The molecule has 1 fully saturated rings. The van der Waals surface area contributed by atoms with E-state index in [-0.39, 0.29) is 17.9 Å². The number of hydrogen-bond acceptors (Lipinski definition) is 2. The van der Waals surface area contributed by atoms with Crippen molar-refractivity contribution in [1.82, 2.24) is 4.90 Å². The molecule has 0 spiro atoms. The Kier molecular flexibility index (Phi) is 4.40. The number of rotatable bonds is 2. The van der Waals surface area contributed by atoms with Gasteiger partial charge in [0.25, 0.3) is 5.91 Å². The molecular weight excluding hydrogens is 294 g/mol. The first kappa shape index (κ1) is 13.6. The van der Waals surface area contributed by atoms with Gasteiger partial charge in [0.15, 0.2) is 0 Å². The number of piperidine rings is 1. The summed E-state index contributed by atoms with van der Waals surface area (Å²) in [5.41, 5.74) is 1.89. The average Bonchev–Trinajstić information content (AvgIpc) is 2.41. The van der Waals surface area contributed by atoms with Crippen LogP contribution in [-0.2, 0) is 5.33 Å². The van der Waals surface area contributed by atoms with Crippen LogP contribution in [0.5, 0.6) is 0 Å². The summed E-state index contributed by atoms with van der Waals surface area (Å²) in [5.74, 6) is 0.222. The molecule has 0 aliphatic carbocycles. The Labute approximate surface area is 116 Å². The van der Waals surface area contributed by atoms with E-state index in [1.54, 1.807) is 0 Å². The summed E-state index contributed by atoms with van der Waals surface area (Å²) in [6.07, 6.45) is 0.400. The predicted molar refractivity (Wildman–Crippen MR) is 74.8 cm³/mol. The first-order valence-corrected chi connectivity index (χ1v) is 7.36. The Balaban J connectivity index is 2.06. The van der Waals surface area contributed by atoms with Gasteiger partial charge in [0.1, 0.15) is 0 Å². The highest BCUT2D eigenvalue weighted by Crippen LogP contribution is 2.19. The number of halogens is 1. The van der Waals surface area contributed by atoms with Crippen molar-refractivity contribution in [1.29, 1.82) is 0 Å². The first-order chi connectivity index (χ1) is 8.61. The molecule has 0 saturated carbocycles. The van der Waals surface area contributed by atoms with Crippen molar-refractivity contribution in [2.45, 2.75) is 24.8 Å². The Bertz CT molecular complexity index is 418. The van der Waals surface area contributed by atoms with E-state index in [1.807, 2.05) is 36.1 Å². The molecular formula is C14H18BrNO2. The fourth-order valence-corrected chi connectivity index (χ4v) is 2.61. The number of benzene rings is 1. The lowest BCUT2D eigenvalue weighted by molar-refractivity contribution is 0.0297. The fraction of sp³-hybridized carbons (Fsp3) is 0.500. The second kappa shape index (κ2) is 5.85. The molecule has 98 valence electrons. The minimum absolute atomic E-state index is 0.0647. The number of carbonyl (C=O) groups is 1. The third kappa shape index (κ3) is 2.93. The van der Waals surface area contributed by atoms with Gasteiger partial charge in [0, 0.05) is 24.0 Å². The second-order valence-electron chi connectivity index (χ2n) is 4.92. The number of amides is 1. The van der Waals surface area contributed by atoms with Crippen molar-refractivity contribution in [2.75, 3.05) is 13.1 Å². The zero-order valence-corrected chi connectivity index (χ0v) is 12.1. The molecule has 2 rings (SSSR count). The van der Waals surface area contributed by atoms with Crippen molar-refractivity contribution in [3.63, 3.8) is 0 Å². The summed E-state index contributed by atoms with van der Waals surface area (Å²) in [6.45, 7) is 3.27. The van der Waals surface area contributed by atoms with Crippen LogP contribution in [0.3, 0.4) is 0 Å². The number of aliphatic hydroxyl groups excluding tert-OH is 1. The number of likely N-dealkylation sites (tertiary alicyclic amines) is 1. The van der Waals surface area contributed by atoms with Crippen LogP contribution in [0, 0.1) is 5.92 Å². The summed E-state index contributed by atoms with van der Waals surface area (Å²) in [7, 11) is 0. The van der Waals surface area contributed by atoms with Crippen LogP contribution in [0.1, 0.15) is 29.3 Å². The molecule has 0 bridgehead atoms. The van der Waals surface area contributed by atoms with E-state index < -0.39 is 0 Å². The van der Waals surface area contributed by atoms with E-state index in [0.29, 0.717) is 19.5 Å². The summed E-state index contributed by atoms with van der Waals surface area (Å²) in [4.78, 5) is 14.1. The normalized spacial score (nSPS) is 24.1. The van der Waals surface area contributed by atoms with Gasteiger partial charge in [-0.25, -0.2) is 0 Å². The lowest BCUT2D eigenvalue weighted by Gasteiger charge is -2.34. The van der Waals surface area contributed by atoms with Gasteiger partial charge in [-0.1, -0.05) is 35.0 Å². The lowest BCUT2D eigenvalue weighted by atomic mass is 9.96. The molecule has 1 N–H and O–H groups in total. The number of aliphatic hydroxyl groups is 1. The van der Waals surface area contributed by atoms with Crippen LogP contribution >= 0.6 is 15.9 Å². The molecule has 1 aromatic carbocycles. The molecule has 1 saturated heterocycles. The van der Waals surface area contributed by atoms with Crippen molar-refractivity contribution in [2.24, 2.45) is 5.92 Å². The standard InChI is InChI=1S/C14H18BrNO2/c1-10-9-16(7-6-13(10)17)14(18)12-4-2-11(8-15)3-5-12/h2-5,10,13,17H,6-9H2,1H3. The largest absolute Gasteiger partial charge is 0.393 e. The zero-order chi connectivity index (χ0) is 13.1. The number of alkyl halides is 1. The summed E-state index contributed by atoms with van der Waals surface area (Å²) in [5, 5.41) is 10.5. The zero-order valence-electron chi connectivity index (χ0n) is 10.5. The summed E-state index contributed by atoms with van der Waals surface area (Å²) >= 11 is 3.39. The molecule has 1 heterocycles. The third-order valence-corrected chi connectivity index (χ3v) is 4.15. The maximum Gasteiger partial charge on any atom is 0.253 e. The number of carbonyl (C=O) groups excluding carboxylic acids is 1. The molecule has 3 nitrogen and oxygen atoms in total. The Hall–Kier alpha value is -0.870. The Morgan fingerprint density at radius 1 is 1.44 bits per heavy atom. The minimum Gasteiger partial charge on any atom is -0.393 e. The van der Waals surface area contributed by atoms with Gasteiger partial charge >= 0.3 is 0 Å². The smallest absolute Gasteiger partial charge is 0.253 e. The average molecular weight is 312 g/mol. The number of hydrogen-bond donors (Lipinski definition) is 1. The Morgan fingerprint density at radius 2 is 2.11 bits per heavy atom. The fourth-order valence-electron chi connectivity index (χ4n) is 2.24. The molecule has 18 heavy (non-hydrogen) atoms. The van der Waals surface area contributed by atoms with Gasteiger partial charge in [-0.15, -0.1) is 0 Å². The summed E-state index contributed by atoms with van der Waals surface area (Å²) in [6, 6.07) is 7.66. The van der Waals surface area contributed by atoms with Gasteiger partial charge in [0.05, 0.1) is 6.10 Å². The van der Waals surface area contributed by atoms with Crippen LogP contribution in [0.25, 0.3) is 0 Å². The van der Waals surface area contributed by atoms with Gasteiger partial charge in [-0.05, 0) is 30.0 Å². The van der Waals surface area contributed by atoms with Crippen LogP contribution in [-0.4, -0.2) is 35.1 Å². The molecule has 1 aromatic rings. The molecule has 1 aliphatic rings. The molecule has 1 amide bonds. The molecule has 0 aromatic heterocycles. The number of nitrogens with zero attached hydrogens (tertiary/aromatic N) is 1. The Morgan fingerprint density at radius 3 is 2.67 bits per heavy atom. The van der Waals surface area contributed by atoms with E-state index >= 15 is 0 Å².